The molecule has 0 saturated carbocycles. The number of carbonyl (C=O) groups is 2. The Balaban J connectivity index is 1.85. The van der Waals surface area contributed by atoms with Gasteiger partial charge >= 0.3 is 11.8 Å². The molecule has 2 aromatic rings. The largest absolute Gasteiger partial charge is 0.504 e. The molecule has 0 bridgehead atoms. The minimum Gasteiger partial charge on any atom is -0.504 e. The van der Waals surface area contributed by atoms with Crippen LogP contribution >= 0.6 is 0 Å². The van der Waals surface area contributed by atoms with Crippen molar-refractivity contribution in [3.63, 3.8) is 0 Å². The molecule has 8 nitrogen and oxygen atoms in total. The first-order chi connectivity index (χ1) is 12.1. The third-order valence-electron chi connectivity index (χ3n) is 3.05. The van der Waals surface area contributed by atoms with E-state index in [1.54, 1.807) is 43.6 Å². The Bertz CT molecular complexity index is 762. The number of hydrogen-bond donors (Lipinski definition) is 3. The van der Waals surface area contributed by atoms with E-state index < -0.39 is 11.8 Å². The predicted octanol–water partition coefficient (Wildman–Crippen LogP) is 0.952. The summed E-state index contributed by atoms with van der Waals surface area (Å²) in [6, 6.07) is 8.13. The topological polar surface area (TPSA) is 113 Å². The number of pyridine rings is 1. The van der Waals surface area contributed by atoms with Gasteiger partial charge in [-0.2, -0.15) is 5.10 Å². The summed E-state index contributed by atoms with van der Waals surface area (Å²) < 4.78 is 5.25. The second-order valence-corrected chi connectivity index (χ2v) is 4.90. The third kappa shape index (κ3) is 5.61. The fourth-order valence-corrected chi connectivity index (χ4v) is 1.86. The average Bonchev–Trinajstić information content (AvgIpc) is 2.63. The minimum atomic E-state index is -0.885. The van der Waals surface area contributed by atoms with Gasteiger partial charge in [0.2, 0.25) is 0 Å². The van der Waals surface area contributed by atoms with Crippen LogP contribution in [0.15, 0.2) is 47.8 Å². The molecule has 1 heterocycles. The number of phenolic OH excluding ortho intramolecular Hbond substituents is 1. The van der Waals surface area contributed by atoms with Crippen LogP contribution in [-0.4, -0.2) is 34.7 Å². The molecule has 0 fully saturated rings. The van der Waals surface area contributed by atoms with E-state index in [9.17, 15) is 14.7 Å². The Morgan fingerprint density at radius 3 is 2.88 bits per heavy atom. The van der Waals surface area contributed by atoms with Gasteiger partial charge in [0.25, 0.3) is 0 Å². The summed E-state index contributed by atoms with van der Waals surface area (Å²) >= 11 is 0. The van der Waals surface area contributed by atoms with Gasteiger partial charge in [0.05, 0.1) is 12.8 Å². The van der Waals surface area contributed by atoms with E-state index in [0.29, 0.717) is 17.9 Å². The van der Waals surface area contributed by atoms with E-state index in [-0.39, 0.29) is 12.3 Å². The number of hydrogen-bond acceptors (Lipinski definition) is 6. The summed E-state index contributed by atoms with van der Waals surface area (Å²) in [4.78, 5) is 27.2. The van der Waals surface area contributed by atoms with E-state index >= 15 is 0 Å². The van der Waals surface area contributed by atoms with Crippen LogP contribution < -0.4 is 15.5 Å². The summed E-state index contributed by atoms with van der Waals surface area (Å²) in [5, 5.41) is 15.8. The minimum absolute atomic E-state index is 0.0119. The number of rotatable bonds is 6. The molecule has 0 radical (unpaired) electrons. The quantitative estimate of drug-likeness (QED) is 0.411. The molecule has 0 aliphatic carbocycles. The molecule has 0 aliphatic heterocycles. The molecular formula is C17H18N4O4. The number of benzene rings is 1. The first-order valence-corrected chi connectivity index (χ1v) is 7.56. The Labute approximate surface area is 144 Å². The van der Waals surface area contributed by atoms with Crippen LogP contribution in [0.4, 0.5) is 0 Å². The maximum absolute atomic E-state index is 11.7. The maximum Gasteiger partial charge on any atom is 0.329 e. The van der Waals surface area contributed by atoms with Crippen LogP contribution in [0.3, 0.4) is 0 Å². The Morgan fingerprint density at radius 1 is 1.32 bits per heavy atom. The molecule has 0 saturated heterocycles. The summed E-state index contributed by atoms with van der Waals surface area (Å²) in [7, 11) is 0. The van der Waals surface area contributed by atoms with Gasteiger partial charge in [0, 0.05) is 18.9 Å². The Kier molecular flexibility index (Phi) is 6.47. The molecule has 3 N–H and O–H groups in total. The number of nitrogens with one attached hydrogen (secondary N) is 2. The smallest absolute Gasteiger partial charge is 0.329 e. The van der Waals surface area contributed by atoms with Crippen LogP contribution in [0, 0.1) is 0 Å². The van der Waals surface area contributed by atoms with Gasteiger partial charge in [-0.15, -0.1) is 0 Å². The number of aromatic nitrogens is 1. The third-order valence-corrected chi connectivity index (χ3v) is 3.05. The number of phenols is 1. The van der Waals surface area contributed by atoms with E-state index in [4.69, 9.17) is 4.74 Å². The first kappa shape index (κ1) is 17.9. The predicted molar refractivity (Wildman–Crippen MR) is 91.1 cm³/mol. The number of nitrogens with zero attached hydrogens (tertiary/aromatic N) is 2. The fraction of sp³-hybridized carbons (Fsp3) is 0.176. The fourth-order valence-electron chi connectivity index (χ4n) is 1.86. The summed E-state index contributed by atoms with van der Waals surface area (Å²) in [5.41, 5.74) is 3.51. The molecule has 2 amide bonds. The molecule has 8 heteroatoms. The molecule has 2 rings (SSSR count). The van der Waals surface area contributed by atoms with Crippen molar-refractivity contribution in [2.24, 2.45) is 5.10 Å². The van der Waals surface area contributed by atoms with Crippen molar-refractivity contribution >= 4 is 18.0 Å². The lowest BCUT2D eigenvalue weighted by Gasteiger charge is -2.06. The lowest BCUT2D eigenvalue weighted by atomic mass is 10.2. The van der Waals surface area contributed by atoms with Crippen LogP contribution in [0.1, 0.15) is 18.1 Å². The SMILES string of the molecule is CCOc1cc(/C=N/NC(=O)C(=O)NCc2cccnc2)ccc1O. The van der Waals surface area contributed by atoms with Crippen molar-refractivity contribution in [1.82, 2.24) is 15.7 Å². The zero-order chi connectivity index (χ0) is 18.1. The van der Waals surface area contributed by atoms with E-state index in [1.807, 2.05) is 0 Å². The van der Waals surface area contributed by atoms with Gasteiger partial charge < -0.3 is 15.2 Å². The van der Waals surface area contributed by atoms with Gasteiger partial charge in [-0.25, -0.2) is 5.43 Å². The summed E-state index contributed by atoms with van der Waals surface area (Å²) in [6.07, 6.45) is 4.55. The molecule has 0 aliphatic rings. The molecule has 130 valence electrons. The highest BCUT2D eigenvalue weighted by Crippen LogP contribution is 2.26. The number of ether oxygens (including phenoxy) is 1. The number of hydrazone groups is 1. The zero-order valence-electron chi connectivity index (χ0n) is 13.6. The van der Waals surface area contributed by atoms with Crippen LogP contribution in [0.2, 0.25) is 0 Å². The number of carbonyl (C=O) groups excluding carboxylic acids is 2. The molecule has 0 atom stereocenters. The highest BCUT2D eigenvalue weighted by molar-refractivity contribution is 6.35. The highest BCUT2D eigenvalue weighted by Gasteiger charge is 2.11. The highest BCUT2D eigenvalue weighted by atomic mass is 16.5. The lowest BCUT2D eigenvalue weighted by molar-refractivity contribution is -0.139. The Hall–Kier alpha value is -3.42. The standard InChI is InChI=1S/C17H18N4O4/c1-2-25-15-8-12(5-6-14(15)22)11-20-21-17(24)16(23)19-10-13-4-3-7-18-9-13/h3-9,11,22H,2,10H2,1H3,(H,19,23)(H,21,24)/b20-11+. The van der Waals surface area contributed by atoms with E-state index in [2.05, 4.69) is 20.8 Å². The van der Waals surface area contributed by atoms with Crippen molar-refractivity contribution in [1.29, 1.82) is 0 Å². The van der Waals surface area contributed by atoms with Crippen molar-refractivity contribution in [2.75, 3.05) is 6.61 Å². The number of aromatic hydroxyl groups is 1. The molecule has 1 aromatic heterocycles. The lowest BCUT2D eigenvalue weighted by Crippen LogP contribution is -2.37. The van der Waals surface area contributed by atoms with Crippen molar-refractivity contribution in [3.8, 4) is 11.5 Å². The van der Waals surface area contributed by atoms with Crippen LogP contribution in [0.5, 0.6) is 11.5 Å². The maximum atomic E-state index is 11.7. The summed E-state index contributed by atoms with van der Waals surface area (Å²) in [5.74, 6) is -1.37. The van der Waals surface area contributed by atoms with Gasteiger partial charge in [-0.3, -0.25) is 14.6 Å². The molecule has 1 aromatic carbocycles. The molecule has 25 heavy (non-hydrogen) atoms. The number of amides is 2. The van der Waals surface area contributed by atoms with Crippen LogP contribution in [-0.2, 0) is 16.1 Å². The first-order valence-electron chi connectivity index (χ1n) is 7.56. The molecule has 0 spiro atoms. The zero-order valence-corrected chi connectivity index (χ0v) is 13.6. The van der Waals surface area contributed by atoms with Gasteiger partial charge in [0.15, 0.2) is 11.5 Å². The van der Waals surface area contributed by atoms with Gasteiger partial charge in [0.1, 0.15) is 0 Å². The van der Waals surface area contributed by atoms with Gasteiger partial charge in [-0.05, 0) is 42.3 Å². The second-order valence-electron chi connectivity index (χ2n) is 4.90. The van der Waals surface area contributed by atoms with Crippen molar-refractivity contribution < 1.29 is 19.4 Å². The monoisotopic (exact) mass is 342 g/mol. The van der Waals surface area contributed by atoms with E-state index in [0.717, 1.165) is 5.56 Å². The molecular weight excluding hydrogens is 324 g/mol. The molecule has 0 unspecified atom stereocenters. The van der Waals surface area contributed by atoms with Crippen molar-refractivity contribution in [3.05, 3.63) is 53.9 Å². The average molecular weight is 342 g/mol. The van der Waals surface area contributed by atoms with Crippen molar-refractivity contribution in [2.45, 2.75) is 13.5 Å². The second kappa shape index (κ2) is 9.02. The van der Waals surface area contributed by atoms with E-state index in [1.165, 1.54) is 12.3 Å². The normalized spacial score (nSPS) is 10.4. The van der Waals surface area contributed by atoms with Crippen LogP contribution in [0.25, 0.3) is 0 Å². The Morgan fingerprint density at radius 2 is 2.16 bits per heavy atom. The van der Waals surface area contributed by atoms with Gasteiger partial charge in [-0.1, -0.05) is 6.07 Å². The summed E-state index contributed by atoms with van der Waals surface area (Å²) in [6.45, 7) is 2.39.